The summed E-state index contributed by atoms with van der Waals surface area (Å²) < 4.78 is 5.23. The van der Waals surface area contributed by atoms with Crippen molar-refractivity contribution >= 4 is 5.78 Å². The fourth-order valence-electron chi connectivity index (χ4n) is 1.50. The van der Waals surface area contributed by atoms with E-state index in [-0.39, 0.29) is 5.78 Å². The van der Waals surface area contributed by atoms with Gasteiger partial charge in [-0.1, -0.05) is 0 Å². The zero-order valence-corrected chi connectivity index (χ0v) is 7.14. The van der Waals surface area contributed by atoms with Gasteiger partial charge in [-0.3, -0.25) is 4.79 Å². The van der Waals surface area contributed by atoms with Gasteiger partial charge in [0, 0.05) is 13.7 Å². The molecule has 64 valence electrons. The largest absolute Gasteiger partial charge is 0.369 e. The number of methoxy groups -OCH3 is 1. The molecule has 1 N–H and O–H groups in total. The molecule has 0 aromatic carbocycles. The number of hydrogen-bond acceptors (Lipinski definition) is 3. The van der Waals surface area contributed by atoms with Crippen LogP contribution in [0.5, 0.6) is 0 Å². The van der Waals surface area contributed by atoms with Crippen molar-refractivity contribution in [2.45, 2.75) is 25.4 Å². The summed E-state index contributed by atoms with van der Waals surface area (Å²) in [5.41, 5.74) is -0.530. The number of piperidine rings is 1. The van der Waals surface area contributed by atoms with Crippen LogP contribution in [0.2, 0.25) is 0 Å². The van der Waals surface area contributed by atoms with Gasteiger partial charge in [-0.2, -0.15) is 0 Å². The van der Waals surface area contributed by atoms with Crippen LogP contribution >= 0.6 is 0 Å². The molecule has 3 heteroatoms. The summed E-state index contributed by atoms with van der Waals surface area (Å²) in [6.45, 7) is 3.26. The van der Waals surface area contributed by atoms with Crippen molar-refractivity contribution in [1.29, 1.82) is 0 Å². The third-order valence-corrected chi connectivity index (χ3v) is 2.38. The summed E-state index contributed by atoms with van der Waals surface area (Å²) >= 11 is 0. The molecule has 1 aliphatic rings. The number of carbonyl (C=O) groups is 1. The van der Waals surface area contributed by atoms with Crippen LogP contribution in [-0.2, 0) is 9.53 Å². The molecule has 0 aromatic rings. The maximum absolute atomic E-state index is 11.2. The SMILES string of the molecule is COC1(C(C)=O)CCCNC1. The number of hydrogen-bond donors (Lipinski definition) is 1. The molecule has 0 bridgehead atoms. The maximum atomic E-state index is 11.2. The van der Waals surface area contributed by atoms with Gasteiger partial charge in [-0.15, -0.1) is 0 Å². The second-order valence-corrected chi connectivity index (χ2v) is 3.03. The summed E-state index contributed by atoms with van der Waals surface area (Å²) in [5.74, 6) is 0.132. The molecule has 0 radical (unpaired) electrons. The molecular weight excluding hydrogens is 142 g/mol. The number of rotatable bonds is 2. The van der Waals surface area contributed by atoms with E-state index in [2.05, 4.69) is 5.32 Å². The Morgan fingerprint density at radius 2 is 2.36 bits per heavy atom. The molecule has 11 heavy (non-hydrogen) atoms. The Labute approximate surface area is 67.1 Å². The van der Waals surface area contributed by atoms with Crippen LogP contribution < -0.4 is 5.32 Å². The fraction of sp³-hybridized carbons (Fsp3) is 0.875. The summed E-state index contributed by atoms with van der Waals surface area (Å²) in [4.78, 5) is 11.2. The van der Waals surface area contributed by atoms with Gasteiger partial charge in [0.25, 0.3) is 0 Å². The predicted molar refractivity (Wildman–Crippen MR) is 42.5 cm³/mol. The molecule has 1 saturated heterocycles. The van der Waals surface area contributed by atoms with E-state index in [1.807, 2.05) is 0 Å². The molecular formula is C8H15NO2. The number of nitrogens with one attached hydrogen (secondary N) is 1. The molecule has 1 fully saturated rings. The minimum absolute atomic E-state index is 0.132. The first-order valence-electron chi connectivity index (χ1n) is 3.98. The van der Waals surface area contributed by atoms with Gasteiger partial charge in [0.15, 0.2) is 5.78 Å². The van der Waals surface area contributed by atoms with Gasteiger partial charge in [0.2, 0.25) is 0 Å². The van der Waals surface area contributed by atoms with Crippen molar-refractivity contribution in [3.63, 3.8) is 0 Å². The standard InChI is InChI=1S/C8H15NO2/c1-7(10)8(11-2)4-3-5-9-6-8/h9H,3-6H2,1-2H3. The molecule has 3 nitrogen and oxygen atoms in total. The Bertz CT molecular complexity index is 150. The molecule has 1 aliphatic heterocycles. The highest BCUT2D eigenvalue weighted by Crippen LogP contribution is 2.20. The van der Waals surface area contributed by atoms with E-state index in [0.29, 0.717) is 6.54 Å². The second kappa shape index (κ2) is 3.32. The van der Waals surface area contributed by atoms with Crippen LogP contribution in [0.25, 0.3) is 0 Å². The van der Waals surface area contributed by atoms with Crippen LogP contribution in [0.3, 0.4) is 0 Å². The van der Waals surface area contributed by atoms with Crippen molar-refractivity contribution in [3.05, 3.63) is 0 Å². The first-order valence-corrected chi connectivity index (χ1v) is 3.98. The number of ketones is 1. The summed E-state index contributed by atoms with van der Waals surface area (Å²) in [6, 6.07) is 0. The normalized spacial score (nSPS) is 31.8. The molecule has 1 heterocycles. The van der Waals surface area contributed by atoms with Gasteiger partial charge >= 0.3 is 0 Å². The van der Waals surface area contributed by atoms with Crippen molar-refractivity contribution in [1.82, 2.24) is 5.32 Å². The lowest BCUT2D eigenvalue weighted by Crippen LogP contribution is -2.51. The van der Waals surface area contributed by atoms with E-state index >= 15 is 0 Å². The van der Waals surface area contributed by atoms with Gasteiger partial charge in [-0.25, -0.2) is 0 Å². The van der Waals surface area contributed by atoms with Gasteiger partial charge in [0.1, 0.15) is 5.60 Å². The fourth-order valence-corrected chi connectivity index (χ4v) is 1.50. The van der Waals surface area contributed by atoms with Crippen LogP contribution in [0.4, 0.5) is 0 Å². The molecule has 0 spiro atoms. The van der Waals surface area contributed by atoms with E-state index in [1.54, 1.807) is 14.0 Å². The smallest absolute Gasteiger partial charge is 0.162 e. The highest BCUT2D eigenvalue weighted by molar-refractivity contribution is 5.85. The Morgan fingerprint density at radius 3 is 2.64 bits per heavy atom. The maximum Gasteiger partial charge on any atom is 0.162 e. The topological polar surface area (TPSA) is 38.3 Å². The average molecular weight is 157 g/mol. The van der Waals surface area contributed by atoms with Crippen molar-refractivity contribution < 1.29 is 9.53 Å². The minimum atomic E-state index is -0.530. The van der Waals surface area contributed by atoms with Crippen molar-refractivity contribution in [2.24, 2.45) is 0 Å². The molecule has 1 unspecified atom stereocenters. The molecule has 0 aromatic heterocycles. The van der Waals surface area contributed by atoms with Crippen molar-refractivity contribution in [3.8, 4) is 0 Å². The highest BCUT2D eigenvalue weighted by atomic mass is 16.5. The summed E-state index contributed by atoms with van der Waals surface area (Å²) in [5, 5.41) is 3.16. The zero-order chi connectivity index (χ0) is 8.32. The molecule has 1 atom stereocenters. The Morgan fingerprint density at radius 1 is 1.64 bits per heavy atom. The van der Waals surface area contributed by atoms with Crippen LogP contribution in [-0.4, -0.2) is 31.6 Å². The quantitative estimate of drug-likeness (QED) is 0.628. The average Bonchev–Trinajstić information content (AvgIpc) is 2.05. The van der Waals surface area contributed by atoms with E-state index in [9.17, 15) is 4.79 Å². The van der Waals surface area contributed by atoms with Gasteiger partial charge in [-0.05, 0) is 26.3 Å². The third kappa shape index (κ3) is 1.60. The van der Waals surface area contributed by atoms with E-state index in [1.165, 1.54) is 0 Å². The first kappa shape index (κ1) is 8.68. The first-order chi connectivity index (χ1) is 5.21. The van der Waals surface area contributed by atoms with Crippen molar-refractivity contribution in [2.75, 3.05) is 20.2 Å². The van der Waals surface area contributed by atoms with Gasteiger partial charge < -0.3 is 10.1 Å². The molecule has 1 rings (SSSR count). The van der Waals surface area contributed by atoms with Crippen LogP contribution in [0, 0.1) is 0 Å². The number of Topliss-reactive ketones (excluding diaryl/α,β-unsaturated/α-hetero) is 1. The van der Waals surface area contributed by atoms with E-state index < -0.39 is 5.60 Å². The zero-order valence-electron chi connectivity index (χ0n) is 7.14. The van der Waals surface area contributed by atoms with Crippen LogP contribution in [0.1, 0.15) is 19.8 Å². The Balaban J connectivity index is 2.64. The van der Waals surface area contributed by atoms with Gasteiger partial charge in [0.05, 0.1) is 0 Å². The van der Waals surface area contributed by atoms with E-state index in [0.717, 1.165) is 19.4 Å². The predicted octanol–water partition coefficient (Wildman–Crippen LogP) is 0.344. The lowest BCUT2D eigenvalue weighted by atomic mass is 9.90. The monoisotopic (exact) mass is 157 g/mol. The Hall–Kier alpha value is -0.410. The summed E-state index contributed by atoms with van der Waals surface area (Å²) in [6.07, 6.45) is 1.87. The lowest BCUT2D eigenvalue weighted by molar-refractivity contribution is -0.140. The summed E-state index contributed by atoms with van der Waals surface area (Å²) in [7, 11) is 1.61. The number of carbonyl (C=O) groups excluding carboxylic acids is 1. The molecule has 0 amide bonds. The third-order valence-electron chi connectivity index (χ3n) is 2.38. The minimum Gasteiger partial charge on any atom is -0.369 e. The Kier molecular flexibility index (Phi) is 2.62. The van der Waals surface area contributed by atoms with Crippen LogP contribution in [0.15, 0.2) is 0 Å². The number of ether oxygens (including phenoxy) is 1. The molecule has 0 saturated carbocycles. The van der Waals surface area contributed by atoms with E-state index in [4.69, 9.17) is 4.74 Å². The second-order valence-electron chi connectivity index (χ2n) is 3.03. The highest BCUT2D eigenvalue weighted by Gasteiger charge is 2.36. The molecule has 0 aliphatic carbocycles. The lowest BCUT2D eigenvalue weighted by Gasteiger charge is -2.33.